The van der Waals surface area contributed by atoms with Crippen LogP contribution in [0.1, 0.15) is 0 Å². The minimum Gasteiger partial charge on any atom is -0.479 e. The number of carboxylic acid groups (broad SMARTS) is 1. The fourth-order valence-electron chi connectivity index (χ4n) is 0.441. The Hall–Kier alpha value is -0.610. The summed E-state index contributed by atoms with van der Waals surface area (Å²) >= 11 is 0. The lowest BCUT2D eigenvalue weighted by molar-refractivity contribution is -0.161. The number of carbonyl (C=O) groups is 1. The molecule has 0 aromatic heterocycles. The molecular weight excluding hydrogens is 136 g/mol. The summed E-state index contributed by atoms with van der Waals surface area (Å²) in [5.41, 5.74) is -1.46. The van der Waals surface area contributed by atoms with Crippen LogP contribution in [0.3, 0.4) is 0 Å². The maximum Gasteiger partial charge on any atom is 0.338 e. The third-order valence-corrected chi connectivity index (χ3v) is 1.16. The number of hydrogen-bond acceptors (Lipinski definition) is 3. The molecule has 1 radical (unpaired) electrons. The second-order valence-electron chi connectivity index (χ2n) is 1.94. The van der Waals surface area contributed by atoms with Gasteiger partial charge in [-0.15, -0.1) is 0 Å². The van der Waals surface area contributed by atoms with Crippen LogP contribution in [0.2, 0.25) is 0 Å². The standard InChI is InChI=1S/C6H11O4/c1-6(10-3,4-9-2)5(7)8/h1,4H2,2-3H3,(H,7,8). The molecule has 59 valence electrons. The highest BCUT2D eigenvalue weighted by Gasteiger charge is 2.32. The highest BCUT2D eigenvalue weighted by Crippen LogP contribution is 2.07. The van der Waals surface area contributed by atoms with Gasteiger partial charge in [0.1, 0.15) is 0 Å². The van der Waals surface area contributed by atoms with E-state index in [0.29, 0.717) is 0 Å². The van der Waals surface area contributed by atoms with Crippen LogP contribution in [0, 0.1) is 6.92 Å². The molecule has 0 fully saturated rings. The maximum absolute atomic E-state index is 10.4. The van der Waals surface area contributed by atoms with E-state index in [-0.39, 0.29) is 6.61 Å². The first kappa shape index (κ1) is 9.39. The smallest absolute Gasteiger partial charge is 0.338 e. The Labute approximate surface area is 59.7 Å². The van der Waals surface area contributed by atoms with Crippen LogP contribution < -0.4 is 0 Å². The molecule has 0 spiro atoms. The zero-order valence-electron chi connectivity index (χ0n) is 6.09. The Morgan fingerprint density at radius 2 is 2.20 bits per heavy atom. The van der Waals surface area contributed by atoms with Crippen molar-refractivity contribution < 1.29 is 19.4 Å². The molecule has 0 saturated carbocycles. The number of methoxy groups -OCH3 is 2. The van der Waals surface area contributed by atoms with Crippen molar-refractivity contribution >= 4 is 5.97 Å². The van der Waals surface area contributed by atoms with Crippen molar-refractivity contribution in [2.24, 2.45) is 0 Å². The van der Waals surface area contributed by atoms with E-state index in [9.17, 15) is 4.79 Å². The number of carboxylic acids is 1. The third kappa shape index (κ3) is 1.97. The zero-order valence-corrected chi connectivity index (χ0v) is 6.09. The average Bonchev–Trinajstić information content (AvgIpc) is 1.88. The van der Waals surface area contributed by atoms with Gasteiger partial charge in [-0.1, -0.05) is 0 Å². The number of aliphatic carboxylic acids is 1. The largest absolute Gasteiger partial charge is 0.479 e. The summed E-state index contributed by atoms with van der Waals surface area (Å²) in [7, 11) is 2.67. The predicted molar refractivity (Wildman–Crippen MR) is 34.6 cm³/mol. The molecule has 0 aliphatic rings. The fourth-order valence-corrected chi connectivity index (χ4v) is 0.441. The summed E-state index contributed by atoms with van der Waals surface area (Å²) in [4.78, 5) is 10.4. The topological polar surface area (TPSA) is 55.8 Å². The highest BCUT2D eigenvalue weighted by atomic mass is 16.5. The first-order valence-corrected chi connectivity index (χ1v) is 2.69. The number of rotatable bonds is 4. The first-order valence-electron chi connectivity index (χ1n) is 2.69. The van der Waals surface area contributed by atoms with E-state index < -0.39 is 11.6 Å². The van der Waals surface area contributed by atoms with Crippen LogP contribution in [0.5, 0.6) is 0 Å². The molecule has 1 atom stereocenters. The van der Waals surface area contributed by atoms with Crippen molar-refractivity contribution in [3.63, 3.8) is 0 Å². The van der Waals surface area contributed by atoms with E-state index in [1.165, 1.54) is 14.2 Å². The van der Waals surface area contributed by atoms with Crippen molar-refractivity contribution in [1.82, 2.24) is 0 Å². The van der Waals surface area contributed by atoms with Gasteiger partial charge in [-0.3, -0.25) is 0 Å². The van der Waals surface area contributed by atoms with Crippen LogP contribution in [0.25, 0.3) is 0 Å². The Morgan fingerprint density at radius 1 is 1.70 bits per heavy atom. The van der Waals surface area contributed by atoms with E-state index in [0.717, 1.165) is 0 Å². The van der Waals surface area contributed by atoms with Gasteiger partial charge < -0.3 is 14.6 Å². The summed E-state index contributed by atoms with van der Waals surface area (Å²) in [5, 5.41) is 8.50. The number of ether oxygens (including phenoxy) is 2. The van der Waals surface area contributed by atoms with Crippen molar-refractivity contribution in [3.8, 4) is 0 Å². The summed E-state index contributed by atoms with van der Waals surface area (Å²) in [6.07, 6.45) is 0. The molecule has 0 saturated heterocycles. The van der Waals surface area contributed by atoms with E-state index >= 15 is 0 Å². The van der Waals surface area contributed by atoms with Crippen LogP contribution in [-0.2, 0) is 14.3 Å². The molecule has 0 amide bonds. The van der Waals surface area contributed by atoms with Crippen molar-refractivity contribution in [2.45, 2.75) is 5.60 Å². The van der Waals surface area contributed by atoms with Crippen LogP contribution >= 0.6 is 0 Å². The molecule has 1 N–H and O–H groups in total. The Morgan fingerprint density at radius 3 is 2.30 bits per heavy atom. The minimum atomic E-state index is -1.46. The Kier molecular flexibility index (Phi) is 3.32. The molecule has 0 heterocycles. The summed E-state index contributed by atoms with van der Waals surface area (Å²) in [6, 6.07) is 0. The zero-order chi connectivity index (χ0) is 8.20. The van der Waals surface area contributed by atoms with E-state index in [1.807, 2.05) is 0 Å². The van der Waals surface area contributed by atoms with Crippen molar-refractivity contribution in [2.75, 3.05) is 20.8 Å². The molecule has 4 nitrogen and oxygen atoms in total. The molecule has 0 aromatic carbocycles. The lowest BCUT2D eigenvalue weighted by atomic mass is 10.1. The fraction of sp³-hybridized carbons (Fsp3) is 0.667. The number of hydrogen-bond donors (Lipinski definition) is 1. The third-order valence-electron chi connectivity index (χ3n) is 1.16. The van der Waals surface area contributed by atoms with Crippen molar-refractivity contribution in [1.29, 1.82) is 0 Å². The normalized spacial score (nSPS) is 16.3. The summed E-state index contributed by atoms with van der Waals surface area (Å²) < 4.78 is 9.19. The van der Waals surface area contributed by atoms with Gasteiger partial charge in [0.05, 0.1) is 6.61 Å². The van der Waals surface area contributed by atoms with E-state index in [1.54, 1.807) is 0 Å². The van der Waals surface area contributed by atoms with Crippen LogP contribution in [0.4, 0.5) is 0 Å². The molecule has 1 unspecified atom stereocenters. The van der Waals surface area contributed by atoms with Gasteiger partial charge in [-0.2, -0.15) is 0 Å². The van der Waals surface area contributed by atoms with Crippen LogP contribution in [0.15, 0.2) is 0 Å². The average molecular weight is 147 g/mol. The molecule has 10 heavy (non-hydrogen) atoms. The quantitative estimate of drug-likeness (QED) is 0.605. The molecule has 0 rings (SSSR count). The predicted octanol–water partition coefficient (Wildman–Crippen LogP) is -0.0633. The second kappa shape index (κ2) is 3.53. The lowest BCUT2D eigenvalue weighted by Gasteiger charge is -2.21. The van der Waals surface area contributed by atoms with Gasteiger partial charge in [0, 0.05) is 14.2 Å². The molecule has 0 aliphatic carbocycles. The summed E-state index contributed by atoms with van der Waals surface area (Å²) in [6.45, 7) is 3.27. The van der Waals surface area contributed by atoms with Gasteiger partial charge in [-0.05, 0) is 6.92 Å². The van der Waals surface area contributed by atoms with E-state index in [2.05, 4.69) is 16.4 Å². The highest BCUT2D eigenvalue weighted by molar-refractivity contribution is 5.78. The lowest BCUT2D eigenvalue weighted by Crippen LogP contribution is -2.42. The molecule has 0 bridgehead atoms. The Balaban J connectivity index is 4.08. The van der Waals surface area contributed by atoms with Gasteiger partial charge >= 0.3 is 5.97 Å². The summed E-state index contributed by atoms with van der Waals surface area (Å²) in [5.74, 6) is -1.13. The molecule has 0 aromatic rings. The van der Waals surface area contributed by atoms with Gasteiger partial charge in [0.2, 0.25) is 0 Å². The first-order chi connectivity index (χ1) is 4.56. The SMILES string of the molecule is [CH2]C(COC)(OC)C(=O)O. The second-order valence-corrected chi connectivity index (χ2v) is 1.94. The van der Waals surface area contributed by atoms with Gasteiger partial charge in [0.15, 0.2) is 5.60 Å². The van der Waals surface area contributed by atoms with Crippen molar-refractivity contribution in [3.05, 3.63) is 6.92 Å². The minimum absolute atomic E-state index is 0.0567. The monoisotopic (exact) mass is 147 g/mol. The molecule has 0 aliphatic heterocycles. The van der Waals surface area contributed by atoms with Gasteiger partial charge in [0.25, 0.3) is 0 Å². The van der Waals surface area contributed by atoms with Gasteiger partial charge in [-0.25, -0.2) is 4.79 Å². The molecule has 4 heteroatoms. The maximum atomic E-state index is 10.4. The molecular formula is C6H11O4. The van der Waals surface area contributed by atoms with E-state index in [4.69, 9.17) is 5.11 Å². The Bertz CT molecular complexity index is 123. The van der Waals surface area contributed by atoms with Crippen LogP contribution in [-0.4, -0.2) is 37.5 Å².